The van der Waals surface area contributed by atoms with Gasteiger partial charge in [-0.25, -0.2) is 4.79 Å². The lowest BCUT2D eigenvalue weighted by molar-refractivity contribution is -0.438. The zero-order valence-corrected chi connectivity index (χ0v) is 50.4. The van der Waals surface area contributed by atoms with Crippen LogP contribution in [0.1, 0.15) is 83.3 Å². The number of ether oxygens (including phenoxy) is 2. The second-order valence-electron chi connectivity index (χ2n) is 20.7. The molecule has 454 valence electrons. The fourth-order valence-electron chi connectivity index (χ4n) is 11.5. The minimum Gasteiger partial charge on any atom is -0.492 e. The summed E-state index contributed by atoms with van der Waals surface area (Å²) in [5.41, 5.74) is 1.34. The first-order chi connectivity index (χ1) is 39.1. The first-order valence-electron chi connectivity index (χ1n) is 26.0. The highest BCUT2D eigenvalue weighted by molar-refractivity contribution is 7.87. The van der Waals surface area contributed by atoms with Gasteiger partial charge in [0, 0.05) is 89.1 Å². The van der Waals surface area contributed by atoms with Gasteiger partial charge in [-0.15, -0.1) is 4.73 Å². The molecule has 5 aromatic rings. The number of carbonyl (C=O) groups excluding carboxylic acids is 1. The van der Waals surface area contributed by atoms with Crippen LogP contribution in [0, 0.1) is 0 Å². The molecule has 2 aliphatic heterocycles. The summed E-state index contributed by atoms with van der Waals surface area (Å²) in [6.07, 6.45) is 8.24. The molecule has 84 heavy (non-hydrogen) atoms. The molecular formula is C54H61ClN3O21S5+. The number of likely N-dealkylation sites (N-methyl/N-ethyl adjacent to an activating group) is 1. The van der Waals surface area contributed by atoms with Gasteiger partial charge in [0.15, 0.2) is 5.71 Å². The topological polar surface area (TPSA) is 368 Å². The SMILES string of the molecule is CCN1C(=CC=C2CCCC(C=CC3=[N+](CCCC(=O)On4c(O)ccc4O)c4ccc5c(S(=O)(=O)O)cc(S(=O)(=O)O)cc5c4C3(C)CCOCCOC)=C2Cl)C(C)(CCCS(=O)(=O)O)c2c1ccc1c(S(=O)(=O)O)cc(S(=O)(=O)O)cc21. The molecule has 0 saturated heterocycles. The quantitative estimate of drug-likeness (QED) is 0.0188. The summed E-state index contributed by atoms with van der Waals surface area (Å²) < 4.78 is 191. The van der Waals surface area contributed by atoms with Crippen molar-refractivity contribution in [1.29, 1.82) is 0 Å². The molecule has 3 aliphatic rings. The van der Waals surface area contributed by atoms with E-state index in [2.05, 4.69) is 0 Å². The average molecular weight is 1280 g/mol. The second kappa shape index (κ2) is 24.0. The third-order valence-corrected chi connectivity index (χ3v) is 20.1. The molecule has 0 spiro atoms. The van der Waals surface area contributed by atoms with E-state index in [0.717, 1.165) is 24.3 Å². The number of allylic oxidation sites excluding steroid dienone is 8. The molecule has 0 radical (unpaired) electrons. The van der Waals surface area contributed by atoms with Gasteiger partial charge in [-0.1, -0.05) is 29.8 Å². The summed E-state index contributed by atoms with van der Waals surface area (Å²) in [7, 11) is -23.4. The van der Waals surface area contributed by atoms with Gasteiger partial charge < -0.3 is 29.4 Å². The van der Waals surface area contributed by atoms with Gasteiger partial charge >= 0.3 is 5.97 Å². The van der Waals surface area contributed by atoms with Crippen LogP contribution in [0.25, 0.3) is 21.5 Å². The maximum atomic E-state index is 13.2. The maximum absolute atomic E-state index is 13.2. The Kier molecular flexibility index (Phi) is 18.3. The Morgan fingerprint density at radius 2 is 1.29 bits per heavy atom. The van der Waals surface area contributed by atoms with Crippen LogP contribution in [0.2, 0.25) is 0 Å². The van der Waals surface area contributed by atoms with E-state index >= 15 is 0 Å². The van der Waals surface area contributed by atoms with Crippen molar-refractivity contribution in [3.05, 3.63) is 118 Å². The van der Waals surface area contributed by atoms with E-state index in [1.54, 1.807) is 50.3 Å². The molecule has 8 rings (SSSR count). The lowest BCUT2D eigenvalue weighted by atomic mass is 9.74. The number of benzene rings is 4. The lowest BCUT2D eigenvalue weighted by Crippen LogP contribution is -2.33. The molecule has 2 atom stereocenters. The van der Waals surface area contributed by atoms with Crippen LogP contribution in [0.4, 0.5) is 11.4 Å². The first kappa shape index (κ1) is 63.9. The highest BCUT2D eigenvalue weighted by Crippen LogP contribution is 2.55. The van der Waals surface area contributed by atoms with Crippen molar-refractivity contribution in [2.24, 2.45) is 0 Å². The molecule has 0 saturated carbocycles. The highest BCUT2D eigenvalue weighted by atomic mass is 35.5. The molecule has 7 N–H and O–H groups in total. The monoisotopic (exact) mass is 1280 g/mol. The largest absolute Gasteiger partial charge is 0.492 e. The van der Waals surface area contributed by atoms with Crippen LogP contribution < -0.4 is 9.74 Å². The van der Waals surface area contributed by atoms with Crippen LogP contribution in [0.3, 0.4) is 0 Å². The number of fused-ring (bicyclic) bond motifs is 6. The molecule has 0 fully saturated rings. The second-order valence-corrected chi connectivity index (χ2v) is 28.3. The Hall–Kier alpha value is -6.06. The van der Waals surface area contributed by atoms with E-state index < -0.39 is 104 Å². The van der Waals surface area contributed by atoms with Crippen LogP contribution in [-0.2, 0) is 75.7 Å². The fraction of sp³-hybridized carbons (Fsp3) is 0.370. The number of halogens is 1. The van der Waals surface area contributed by atoms with Gasteiger partial charge in [0.1, 0.15) is 16.3 Å². The van der Waals surface area contributed by atoms with Crippen LogP contribution in [0.15, 0.2) is 126 Å². The predicted octanol–water partition coefficient (Wildman–Crippen LogP) is 7.55. The van der Waals surface area contributed by atoms with E-state index in [1.165, 1.54) is 19.2 Å². The minimum atomic E-state index is -5.13. The van der Waals surface area contributed by atoms with E-state index in [-0.39, 0.29) is 86.6 Å². The summed E-state index contributed by atoms with van der Waals surface area (Å²) in [6.45, 7) is 6.09. The summed E-state index contributed by atoms with van der Waals surface area (Å²) >= 11 is 7.37. The Balaban J connectivity index is 1.28. The predicted molar refractivity (Wildman–Crippen MR) is 308 cm³/mol. The lowest BCUT2D eigenvalue weighted by Gasteiger charge is -2.30. The van der Waals surface area contributed by atoms with Crippen LogP contribution in [0.5, 0.6) is 11.8 Å². The summed E-state index contributed by atoms with van der Waals surface area (Å²) in [5, 5.41) is 20.4. The van der Waals surface area contributed by atoms with Crippen molar-refractivity contribution in [3.63, 3.8) is 0 Å². The van der Waals surface area contributed by atoms with E-state index in [4.69, 9.17) is 25.9 Å². The van der Waals surface area contributed by atoms with Gasteiger partial charge in [-0.3, -0.25) is 22.8 Å². The third-order valence-electron chi connectivity index (χ3n) is 15.3. The van der Waals surface area contributed by atoms with Gasteiger partial charge in [0.05, 0.1) is 40.6 Å². The number of hydrogen-bond donors (Lipinski definition) is 7. The van der Waals surface area contributed by atoms with Crippen molar-refractivity contribution in [3.8, 4) is 11.8 Å². The van der Waals surface area contributed by atoms with Crippen molar-refractivity contribution in [1.82, 2.24) is 4.73 Å². The molecule has 24 nitrogen and oxygen atoms in total. The number of anilines is 1. The standard InChI is InChI=1S/C54H60ClN3O21S5/c1-5-56-41-16-14-37-39(29-35(81(65,66)67)31-43(37)83(71,72)73)50(41)53(2,22-8-28-80(62,63)64)45(56)18-12-33-9-6-10-34(52(33)55)13-19-46-54(3,23-25-78-27-26-77-4)51-40-30-36(82(68,69)70)32-44(84(74,75)76)38(40)15-17-42(51)57(46)24-7-11-49(61)79-58-47(59)20-21-48(58)60/h12-21,29-32H,5-11,22-28H2,1-4H3,(H6-,59,60,62,63,64,65,66,67,68,69,70,71,72,73,74,75,76)/p+1. The maximum Gasteiger partial charge on any atom is 0.333 e. The molecular weight excluding hydrogens is 1220 g/mol. The zero-order chi connectivity index (χ0) is 61.7. The molecule has 4 aromatic carbocycles. The number of rotatable bonds is 23. The molecule has 3 heterocycles. The van der Waals surface area contributed by atoms with Gasteiger partial charge in [-0.2, -0.15) is 46.7 Å². The normalized spacial score (nSPS) is 19.9. The van der Waals surface area contributed by atoms with Crippen LogP contribution in [-0.4, -0.2) is 142 Å². The number of nitrogens with zero attached hydrogens (tertiary/aromatic N) is 3. The minimum absolute atomic E-state index is 0.0134. The Morgan fingerprint density at radius 3 is 1.85 bits per heavy atom. The fourth-order valence-corrected chi connectivity index (χ4v) is 15.0. The van der Waals surface area contributed by atoms with Gasteiger partial charge in [0.2, 0.25) is 17.4 Å². The molecule has 30 heteroatoms. The van der Waals surface area contributed by atoms with E-state index in [0.29, 0.717) is 86.2 Å². The molecule has 1 aliphatic carbocycles. The molecule has 2 unspecified atom stereocenters. The summed E-state index contributed by atoms with van der Waals surface area (Å²) in [6, 6.07) is 11.6. The average Bonchev–Trinajstić information content (AvgIpc) is 1.58. The zero-order valence-electron chi connectivity index (χ0n) is 45.6. The Bertz CT molecular complexity index is 4270. The molecule has 0 amide bonds. The summed E-state index contributed by atoms with van der Waals surface area (Å²) in [4.78, 5) is 17.0. The third kappa shape index (κ3) is 13.0. The van der Waals surface area contributed by atoms with Crippen molar-refractivity contribution in [2.45, 2.75) is 103 Å². The molecule has 1 aromatic heterocycles. The highest BCUT2D eigenvalue weighted by Gasteiger charge is 2.50. The Morgan fingerprint density at radius 1 is 0.690 bits per heavy atom. The van der Waals surface area contributed by atoms with Crippen molar-refractivity contribution < 1.29 is 98.7 Å². The Labute approximate surface area is 490 Å². The van der Waals surface area contributed by atoms with Crippen molar-refractivity contribution >= 4 is 107 Å². The first-order valence-corrected chi connectivity index (χ1v) is 33.7. The van der Waals surface area contributed by atoms with Crippen LogP contribution >= 0.6 is 11.6 Å². The van der Waals surface area contributed by atoms with Gasteiger partial charge in [-0.05, 0) is 129 Å². The number of hydrogen-bond acceptors (Lipinski definition) is 17. The number of methoxy groups -OCH3 is 1. The van der Waals surface area contributed by atoms with E-state index in [1.807, 2.05) is 16.4 Å². The van der Waals surface area contributed by atoms with Crippen molar-refractivity contribution in [2.75, 3.05) is 50.7 Å². The smallest absolute Gasteiger partial charge is 0.333 e. The number of aromatic hydroxyl groups is 2. The summed E-state index contributed by atoms with van der Waals surface area (Å²) in [5.74, 6) is -2.61. The molecule has 0 bridgehead atoms. The number of aromatic nitrogens is 1. The number of carbonyl (C=O) groups is 1. The van der Waals surface area contributed by atoms with Gasteiger partial charge in [0.25, 0.3) is 50.6 Å². The van der Waals surface area contributed by atoms with E-state index in [9.17, 15) is 79.9 Å².